The fourth-order valence-electron chi connectivity index (χ4n) is 3.12. The second-order valence-corrected chi connectivity index (χ2v) is 7.08. The molecule has 1 heterocycles. The van der Waals surface area contributed by atoms with E-state index in [4.69, 9.17) is 9.84 Å². The van der Waals surface area contributed by atoms with E-state index in [1.165, 1.54) is 12.1 Å². The van der Waals surface area contributed by atoms with Crippen LogP contribution in [0.4, 0.5) is 5.69 Å². The van der Waals surface area contributed by atoms with Gasteiger partial charge in [-0.3, -0.25) is 4.79 Å². The molecule has 0 atom stereocenters. The maximum absolute atomic E-state index is 13.0. The molecule has 1 amide bonds. The number of carbonyl (C=O) groups excluding carboxylic acids is 1. The number of benzene rings is 3. The van der Waals surface area contributed by atoms with Gasteiger partial charge in [-0.2, -0.15) is 0 Å². The molecule has 0 aliphatic carbocycles. The molecule has 0 aliphatic heterocycles. The zero-order chi connectivity index (χ0) is 22.3. The van der Waals surface area contributed by atoms with Crippen LogP contribution in [-0.4, -0.2) is 28.6 Å². The van der Waals surface area contributed by atoms with Crippen molar-refractivity contribution in [3.8, 4) is 5.88 Å². The number of amides is 1. The Labute approximate surface area is 184 Å². The van der Waals surface area contributed by atoms with Gasteiger partial charge in [0.1, 0.15) is 6.61 Å². The Morgan fingerprint density at radius 3 is 2.31 bits per heavy atom. The third kappa shape index (κ3) is 5.17. The van der Waals surface area contributed by atoms with E-state index in [9.17, 15) is 9.59 Å². The number of rotatable bonds is 7. The number of aromatic nitrogens is 1. The highest BCUT2D eigenvalue weighted by atomic mass is 16.5. The quantitative estimate of drug-likeness (QED) is 0.406. The molecule has 6 heteroatoms. The predicted molar refractivity (Wildman–Crippen MR) is 124 cm³/mol. The number of hydrogen-bond acceptors (Lipinski definition) is 4. The van der Waals surface area contributed by atoms with Crippen LogP contribution in [0.15, 0.2) is 96.7 Å². The van der Waals surface area contributed by atoms with Crippen molar-refractivity contribution in [2.24, 2.45) is 0 Å². The average Bonchev–Trinajstić information content (AvgIpc) is 2.82. The Balaban J connectivity index is 1.58. The van der Waals surface area contributed by atoms with E-state index in [1.54, 1.807) is 36.5 Å². The highest BCUT2D eigenvalue weighted by Crippen LogP contribution is 2.19. The first kappa shape index (κ1) is 20.8. The van der Waals surface area contributed by atoms with Crippen LogP contribution in [0.5, 0.6) is 5.88 Å². The predicted octanol–water partition coefficient (Wildman–Crippen LogP) is 5.03. The first-order chi connectivity index (χ1) is 15.6. The Hall–Kier alpha value is -4.45. The molecule has 158 valence electrons. The number of carboxylic acid groups (broad SMARTS) is 1. The summed E-state index contributed by atoms with van der Waals surface area (Å²) in [7, 11) is 0. The number of nitrogens with zero attached hydrogens (tertiary/aromatic N) is 1. The number of carbonyl (C=O) groups is 2. The summed E-state index contributed by atoms with van der Waals surface area (Å²) in [6, 6.07) is 25.0. The molecule has 4 rings (SSSR count). The standard InChI is InChI=1S/C26H20N2O4/c29-25(28-23-8-2-1-3-9-23)22(14-18-10-12-19(13-11-18)26(30)31)17-32-24-15-20-6-4-5-7-21(20)16-27-24/h1-16H,17H2,(H,28,29)(H,30,31). The minimum Gasteiger partial charge on any atom is -0.478 e. The minimum atomic E-state index is -1.01. The molecule has 0 bridgehead atoms. The van der Waals surface area contributed by atoms with Crippen molar-refractivity contribution < 1.29 is 19.4 Å². The molecule has 0 unspecified atom stereocenters. The number of para-hydroxylation sites is 1. The molecule has 32 heavy (non-hydrogen) atoms. The van der Waals surface area contributed by atoms with E-state index in [1.807, 2.05) is 48.5 Å². The monoisotopic (exact) mass is 424 g/mol. The van der Waals surface area contributed by atoms with E-state index in [2.05, 4.69) is 10.3 Å². The Bertz CT molecular complexity index is 1280. The van der Waals surface area contributed by atoms with E-state index in [0.717, 1.165) is 10.8 Å². The summed E-state index contributed by atoms with van der Waals surface area (Å²) in [5.41, 5.74) is 1.89. The van der Waals surface area contributed by atoms with Crippen LogP contribution in [0.1, 0.15) is 15.9 Å². The Kier molecular flexibility index (Phi) is 6.22. The largest absolute Gasteiger partial charge is 0.478 e. The summed E-state index contributed by atoms with van der Waals surface area (Å²) in [6.07, 6.45) is 3.40. The van der Waals surface area contributed by atoms with Gasteiger partial charge in [0.05, 0.1) is 11.1 Å². The molecular formula is C26H20N2O4. The lowest BCUT2D eigenvalue weighted by Crippen LogP contribution is -2.19. The van der Waals surface area contributed by atoms with Gasteiger partial charge in [0.2, 0.25) is 5.88 Å². The second kappa shape index (κ2) is 9.57. The van der Waals surface area contributed by atoms with Gasteiger partial charge >= 0.3 is 5.97 Å². The van der Waals surface area contributed by atoms with Crippen molar-refractivity contribution in [3.05, 3.63) is 108 Å². The lowest BCUT2D eigenvalue weighted by molar-refractivity contribution is -0.113. The van der Waals surface area contributed by atoms with Crippen molar-refractivity contribution in [2.45, 2.75) is 0 Å². The zero-order valence-corrected chi connectivity index (χ0v) is 17.1. The highest BCUT2D eigenvalue weighted by molar-refractivity contribution is 6.07. The van der Waals surface area contributed by atoms with Crippen molar-refractivity contribution in [1.82, 2.24) is 4.98 Å². The summed E-state index contributed by atoms with van der Waals surface area (Å²) >= 11 is 0. The van der Waals surface area contributed by atoms with E-state index >= 15 is 0 Å². The SMILES string of the molecule is O=C(Nc1ccccc1)C(=Cc1ccc(C(=O)O)cc1)COc1cc2ccccc2cn1. The van der Waals surface area contributed by atoms with Crippen molar-refractivity contribution in [3.63, 3.8) is 0 Å². The van der Waals surface area contributed by atoms with Gasteiger partial charge in [-0.25, -0.2) is 9.78 Å². The number of hydrogen-bond donors (Lipinski definition) is 2. The molecule has 0 saturated heterocycles. The van der Waals surface area contributed by atoms with Gasteiger partial charge in [-0.15, -0.1) is 0 Å². The molecule has 0 saturated carbocycles. The summed E-state index contributed by atoms with van der Waals surface area (Å²) in [4.78, 5) is 28.4. The van der Waals surface area contributed by atoms with Gasteiger partial charge in [-0.1, -0.05) is 54.6 Å². The normalized spacial score (nSPS) is 11.2. The Morgan fingerprint density at radius 2 is 1.59 bits per heavy atom. The summed E-state index contributed by atoms with van der Waals surface area (Å²) in [5, 5.41) is 13.9. The zero-order valence-electron chi connectivity index (χ0n) is 17.1. The van der Waals surface area contributed by atoms with E-state index in [-0.39, 0.29) is 18.1 Å². The third-order valence-corrected chi connectivity index (χ3v) is 4.80. The molecule has 6 nitrogen and oxygen atoms in total. The molecule has 0 aliphatic rings. The van der Waals surface area contributed by atoms with Crippen LogP contribution in [-0.2, 0) is 4.79 Å². The molecule has 0 radical (unpaired) electrons. The smallest absolute Gasteiger partial charge is 0.335 e. The lowest BCUT2D eigenvalue weighted by atomic mass is 10.1. The van der Waals surface area contributed by atoms with E-state index in [0.29, 0.717) is 22.7 Å². The molecule has 0 spiro atoms. The number of ether oxygens (including phenoxy) is 1. The number of aromatic carboxylic acids is 1. The Morgan fingerprint density at radius 1 is 0.906 bits per heavy atom. The fraction of sp³-hybridized carbons (Fsp3) is 0.0385. The van der Waals surface area contributed by atoms with E-state index < -0.39 is 5.97 Å². The fourth-order valence-corrected chi connectivity index (χ4v) is 3.12. The van der Waals surface area contributed by atoms with Crippen molar-refractivity contribution in [2.75, 3.05) is 11.9 Å². The van der Waals surface area contributed by atoms with Crippen LogP contribution >= 0.6 is 0 Å². The van der Waals surface area contributed by atoms with Crippen LogP contribution in [0.2, 0.25) is 0 Å². The van der Waals surface area contributed by atoms with Crippen LogP contribution < -0.4 is 10.1 Å². The second-order valence-electron chi connectivity index (χ2n) is 7.08. The minimum absolute atomic E-state index is 0.00924. The molecular weight excluding hydrogens is 404 g/mol. The van der Waals surface area contributed by atoms with Crippen molar-refractivity contribution >= 4 is 34.4 Å². The van der Waals surface area contributed by atoms with Gasteiger partial charge in [0.15, 0.2) is 0 Å². The number of carboxylic acids is 1. The number of anilines is 1. The average molecular weight is 424 g/mol. The molecule has 1 aromatic heterocycles. The van der Waals surface area contributed by atoms with Crippen molar-refractivity contribution in [1.29, 1.82) is 0 Å². The molecule has 3 aromatic carbocycles. The van der Waals surface area contributed by atoms with Crippen LogP contribution in [0, 0.1) is 0 Å². The van der Waals surface area contributed by atoms with Gasteiger partial charge in [0, 0.05) is 23.3 Å². The first-order valence-electron chi connectivity index (χ1n) is 9.96. The number of fused-ring (bicyclic) bond motifs is 1. The summed E-state index contributed by atoms with van der Waals surface area (Å²) in [5.74, 6) is -0.920. The molecule has 4 aromatic rings. The van der Waals surface area contributed by atoms with Gasteiger partial charge in [-0.05, 0) is 41.3 Å². The summed E-state index contributed by atoms with van der Waals surface area (Å²) < 4.78 is 5.83. The highest BCUT2D eigenvalue weighted by Gasteiger charge is 2.13. The van der Waals surface area contributed by atoms with Gasteiger partial charge in [0.25, 0.3) is 5.91 Å². The van der Waals surface area contributed by atoms with Crippen LogP contribution in [0.25, 0.3) is 16.8 Å². The maximum atomic E-state index is 13.0. The summed E-state index contributed by atoms with van der Waals surface area (Å²) in [6.45, 7) is -0.00924. The maximum Gasteiger partial charge on any atom is 0.335 e. The number of nitrogens with one attached hydrogen (secondary N) is 1. The third-order valence-electron chi connectivity index (χ3n) is 4.80. The first-order valence-corrected chi connectivity index (χ1v) is 9.96. The van der Waals surface area contributed by atoms with Gasteiger partial charge < -0.3 is 15.2 Å². The number of pyridine rings is 1. The lowest BCUT2D eigenvalue weighted by Gasteiger charge is -2.11. The molecule has 0 fully saturated rings. The topological polar surface area (TPSA) is 88.5 Å². The van der Waals surface area contributed by atoms with Crippen LogP contribution in [0.3, 0.4) is 0 Å². The molecule has 2 N–H and O–H groups in total.